The third kappa shape index (κ3) is 18.9. The summed E-state index contributed by atoms with van der Waals surface area (Å²) in [6.07, 6.45) is -30.3. The number of halogens is 2. The zero-order valence-corrected chi connectivity index (χ0v) is 68.3. The fraction of sp³-hybridized carbons (Fsp3) is 0.356. The first-order valence-corrected chi connectivity index (χ1v) is 40.8. The summed E-state index contributed by atoms with van der Waals surface area (Å²) in [6, 6.07) is 19.2. The number of aliphatic hydroxyl groups is 10. The number of nitrogens with one attached hydrogen (secondary N) is 6. The molecule has 0 radical (unpaired) electrons. The quantitative estimate of drug-likeness (QED) is 0.0776. The van der Waals surface area contributed by atoms with Gasteiger partial charge in [0.05, 0.1) is 54.2 Å². The second-order valence-electron chi connectivity index (χ2n) is 31.6. The Bertz CT molecular complexity index is 5580. The highest BCUT2D eigenvalue weighted by molar-refractivity contribution is 6.32. The van der Waals surface area contributed by atoms with Crippen LogP contribution >= 0.6 is 23.2 Å². The molecule has 6 amide bonds. The highest BCUT2D eigenvalue weighted by Gasteiger charge is 2.52. The van der Waals surface area contributed by atoms with Gasteiger partial charge in [-0.15, -0.1) is 0 Å². The van der Waals surface area contributed by atoms with Crippen LogP contribution in [-0.4, -0.2) is 242 Å². The van der Waals surface area contributed by atoms with Gasteiger partial charge in [-0.2, -0.15) is 0 Å². The molecule has 22 N–H and O–H groups in total. The minimum absolute atomic E-state index is 0.0678. The average Bonchev–Trinajstić information content (AvgIpc) is 0.764. The monoisotopic (exact) mass is 1800 g/mol. The van der Waals surface area contributed by atoms with Crippen molar-refractivity contribution in [1.29, 1.82) is 0 Å². The van der Waals surface area contributed by atoms with Crippen LogP contribution in [0.3, 0.4) is 0 Å². The van der Waals surface area contributed by atoms with E-state index in [0.717, 1.165) is 67.6 Å². The summed E-state index contributed by atoms with van der Waals surface area (Å²) in [5.41, 5.74) is 5.40. The van der Waals surface area contributed by atoms with Crippen molar-refractivity contribution in [2.45, 2.75) is 173 Å². The van der Waals surface area contributed by atoms with Crippen LogP contribution in [-0.2, 0) is 76.7 Å². The van der Waals surface area contributed by atoms with Gasteiger partial charge in [0.25, 0.3) is 0 Å². The number of hydrogen-bond donors (Lipinski definition) is 21. The highest BCUT2D eigenvalue weighted by Crippen LogP contribution is 2.51. The molecule has 3 fully saturated rings. The maximum absolute atomic E-state index is 17.1. The number of rotatable bonds is 13. The third-order valence-electron chi connectivity index (χ3n) is 22.9. The van der Waals surface area contributed by atoms with E-state index < -0.39 is 289 Å². The number of phenols is 4. The second-order valence-corrected chi connectivity index (χ2v) is 32.4. The SMILES string of the molecule is CC(=O)NC1[C@H](O[C@@H]2c3ccc(c(Cl)c3)Oc3cc4cc(c3O[C@@H]3OC(CO)[C@@H](O)[C@H](O)C3NC(=O)Cc3ccccc3)Oc3ccc(cc3Cl)C[C@H]3NC(=O)[C@H](N)c5ccc(O)c(c5)Oc5cc(O)cc(c5)[C@H](CC3=O)C(=O)N[C@H]4C(=O)C[C@H]3C(=O)N[C@@H]2C(=O)NCc2cc(O)cc(O[C@H]4OC(CO)[C@@H](O)C(O)[C@H]4O)c2-c2cc3ccc2O)OC(CO)[C@@H](O)[C@@H]1O. The lowest BCUT2D eigenvalue weighted by atomic mass is 9.85. The first-order valence-electron chi connectivity index (χ1n) is 40.0. The molecule has 17 bridgehead atoms. The topological polar surface area (TPSA) is 601 Å². The fourth-order valence-corrected chi connectivity index (χ4v) is 16.8. The van der Waals surface area contributed by atoms with Gasteiger partial charge in [0.1, 0.15) is 138 Å². The van der Waals surface area contributed by atoms with Crippen LogP contribution in [0.5, 0.6) is 69.0 Å². The number of nitrogens with two attached hydrogens (primary N) is 1. The van der Waals surface area contributed by atoms with Crippen molar-refractivity contribution in [2.75, 3.05) is 19.8 Å². The lowest BCUT2D eigenvalue weighted by Crippen LogP contribution is -2.65. The summed E-state index contributed by atoms with van der Waals surface area (Å²) in [4.78, 5) is 124. The molecule has 0 aliphatic carbocycles. The van der Waals surface area contributed by atoms with Crippen LogP contribution in [0.2, 0.25) is 10.0 Å². The molecule has 40 heteroatoms. The molecule has 22 atom stereocenters. The van der Waals surface area contributed by atoms with Gasteiger partial charge in [-0.25, -0.2) is 0 Å². The van der Waals surface area contributed by atoms with Gasteiger partial charge in [-0.05, 0) is 130 Å². The molecule has 0 aromatic heterocycles. The Morgan fingerprint density at radius 2 is 1.09 bits per heavy atom. The molecule has 127 heavy (non-hydrogen) atoms. The second kappa shape index (κ2) is 37.6. The van der Waals surface area contributed by atoms with Crippen molar-refractivity contribution in [3.63, 3.8) is 0 Å². The summed E-state index contributed by atoms with van der Waals surface area (Å²) >= 11 is 14.8. The van der Waals surface area contributed by atoms with E-state index in [2.05, 4.69) is 31.9 Å². The maximum Gasteiger partial charge on any atom is 0.245 e. The number of hydrogen-bond acceptors (Lipinski definition) is 32. The van der Waals surface area contributed by atoms with Gasteiger partial charge in [0, 0.05) is 49.6 Å². The largest absolute Gasteiger partial charge is 0.508 e. The van der Waals surface area contributed by atoms with Crippen molar-refractivity contribution in [2.24, 2.45) is 5.73 Å². The zero-order valence-electron chi connectivity index (χ0n) is 66.7. The molecular weight excluding hydrogens is 1710 g/mol. The van der Waals surface area contributed by atoms with E-state index in [1.54, 1.807) is 30.3 Å². The summed E-state index contributed by atoms with van der Waals surface area (Å²) in [7, 11) is 0. The Kier molecular flexibility index (Phi) is 26.6. The minimum Gasteiger partial charge on any atom is -0.508 e. The number of aliphatic hydroxyl groups excluding tert-OH is 10. The number of phenolic OH excluding ortho intramolecular Hbond substituents is 4. The molecule has 9 heterocycles. The highest BCUT2D eigenvalue weighted by atomic mass is 35.5. The molecule has 8 aromatic rings. The Morgan fingerprint density at radius 1 is 0.504 bits per heavy atom. The van der Waals surface area contributed by atoms with Crippen LogP contribution in [0.25, 0.3) is 11.1 Å². The number of amides is 6. The lowest BCUT2D eigenvalue weighted by Gasteiger charge is -2.44. The van der Waals surface area contributed by atoms with Gasteiger partial charge in [0.15, 0.2) is 40.9 Å². The number of carbonyl (C=O) groups is 8. The van der Waals surface area contributed by atoms with E-state index in [1.807, 2.05) is 0 Å². The normalized spacial score (nSPS) is 29.1. The lowest BCUT2D eigenvalue weighted by molar-refractivity contribution is -0.284. The predicted molar refractivity (Wildman–Crippen MR) is 437 cm³/mol. The number of fused-ring (bicyclic) bond motifs is 14. The molecular formula is C87H87Cl2N7O31. The number of benzene rings is 8. The van der Waals surface area contributed by atoms with Crippen molar-refractivity contribution < 1.29 is 152 Å². The first-order chi connectivity index (χ1) is 60.7. The van der Waals surface area contributed by atoms with Crippen LogP contribution in [0.1, 0.15) is 94.3 Å². The van der Waals surface area contributed by atoms with Crippen LogP contribution < -0.4 is 61.3 Å². The maximum atomic E-state index is 17.1. The molecule has 38 nitrogen and oxygen atoms in total. The number of carbonyl (C=O) groups excluding carboxylic acids is 8. The van der Waals surface area contributed by atoms with Crippen LogP contribution in [0.15, 0.2) is 146 Å². The summed E-state index contributed by atoms with van der Waals surface area (Å²) in [6.45, 7) is -2.70. The molecule has 3 saturated heterocycles. The van der Waals surface area contributed by atoms with Gasteiger partial charge in [-0.3, -0.25) is 38.4 Å². The van der Waals surface area contributed by atoms with E-state index in [-0.39, 0.29) is 73.2 Å². The van der Waals surface area contributed by atoms with Gasteiger partial charge in [-0.1, -0.05) is 77.8 Å². The van der Waals surface area contributed by atoms with Gasteiger partial charge >= 0.3 is 0 Å². The molecule has 17 rings (SSSR count). The number of ether oxygens (including phenoxy) is 9. The van der Waals surface area contributed by atoms with E-state index in [4.69, 9.17) is 71.6 Å². The molecule has 0 saturated carbocycles. The van der Waals surface area contributed by atoms with Crippen molar-refractivity contribution in [1.82, 2.24) is 31.9 Å². The van der Waals surface area contributed by atoms with Crippen molar-refractivity contribution in [3.05, 3.63) is 200 Å². The number of Topliss-reactive ketones (excluding diaryl/α,β-unsaturated/α-hetero) is 2. The van der Waals surface area contributed by atoms with E-state index >= 15 is 24.0 Å². The molecule has 9 aliphatic heterocycles. The third-order valence-corrected chi connectivity index (χ3v) is 23.5. The molecule has 0 spiro atoms. The van der Waals surface area contributed by atoms with Crippen LogP contribution in [0.4, 0.5) is 0 Å². The summed E-state index contributed by atoms with van der Waals surface area (Å²) in [5, 5.41) is 174. The minimum atomic E-state index is -2.31. The van der Waals surface area contributed by atoms with E-state index in [1.165, 1.54) is 54.6 Å². The first kappa shape index (κ1) is 89.9. The van der Waals surface area contributed by atoms with Gasteiger partial charge in [0.2, 0.25) is 53.8 Å². The Hall–Kier alpha value is -11.9. The zero-order chi connectivity index (χ0) is 90.4. The molecule has 6 unspecified atom stereocenters. The summed E-state index contributed by atoms with van der Waals surface area (Å²) < 4.78 is 57.8. The Labute approximate surface area is 730 Å². The standard InChI is InChI=1S/C87H87Cl2N7O31/c1-34(100)92-69-75(111)72(108)62(31-97)123-85(69)126-79-39-10-14-57(50(89)22-39)121-61-25-41-24-60(80(61)127-86-70(76(112)73(109)63(32-98)124-86)94-65(107)17-35-5-3-2-4-6-35)120-56-13-7-36(15-49(56)88)16-51-54(105)28-47(40-18-43(101)26-45(20-40)119-58-23-38(9-12-53(58)104)67(90)83(117)93-51)82(116)95-68(41)55(106)29-46-37-8-11-52(103)48(21-37)66-42(30-91-84(118)71(79)96-81(46)115)19-44(102)27-59(66)122-87-78(114)77(113)74(110)64(33-99)125-87/h2-15,18-27,46-47,51,62-64,67-79,85-87,97-99,101-104,108-114H,16-17,28-33,90H2,1H3,(H,91,118)(H,92,100)(H,93,117)(H,94,107)(H,95,116)(H,96,115)/t46-,47+,51-,62?,63?,64?,67-,68-,69?,70?,71+,72-,73-,74-,75-,76-,77?,78-,79-,85+,86+,87+/m1/s1. The summed E-state index contributed by atoms with van der Waals surface area (Å²) in [5.74, 6) is -18.7. The average molecular weight is 1800 g/mol. The number of ketones is 2. The Morgan fingerprint density at radius 3 is 1.76 bits per heavy atom. The number of aromatic hydroxyl groups is 4. The van der Waals surface area contributed by atoms with Crippen molar-refractivity contribution >= 4 is 70.2 Å². The fourth-order valence-electron chi connectivity index (χ4n) is 16.3. The molecule has 670 valence electrons. The van der Waals surface area contributed by atoms with E-state index in [9.17, 15) is 85.9 Å². The predicted octanol–water partition coefficient (Wildman–Crippen LogP) is 1.41. The smallest absolute Gasteiger partial charge is 0.245 e. The van der Waals surface area contributed by atoms with Crippen LogP contribution in [0, 0.1) is 0 Å². The Balaban J connectivity index is 0.984. The van der Waals surface area contributed by atoms with E-state index in [0.29, 0.717) is 5.56 Å². The molecule has 8 aromatic carbocycles. The molecule has 9 aliphatic rings. The van der Waals surface area contributed by atoms with Gasteiger partial charge < -0.3 is 152 Å². The van der Waals surface area contributed by atoms with Crippen molar-refractivity contribution in [3.8, 4) is 80.1 Å².